The van der Waals surface area contributed by atoms with Gasteiger partial charge in [-0.2, -0.15) is 4.98 Å². The van der Waals surface area contributed by atoms with E-state index in [1.165, 1.54) is 0 Å². The first-order valence-corrected chi connectivity index (χ1v) is 10.7. The number of likely N-dealkylation sites (tertiary alicyclic amines) is 1. The smallest absolute Gasteiger partial charge is 0.254 e. The molecule has 0 N–H and O–H groups in total. The van der Waals surface area contributed by atoms with Crippen molar-refractivity contribution in [3.63, 3.8) is 0 Å². The molecular formula is C22H29N3O5. The number of hydrogen-bond donors (Lipinski definition) is 0. The molecule has 2 aromatic rings. The van der Waals surface area contributed by atoms with E-state index in [1.807, 2.05) is 23.1 Å². The molecule has 0 aliphatic carbocycles. The Morgan fingerprint density at radius 3 is 2.97 bits per heavy atom. The van der Waals surface area contributed by atoms with E-state index in [9.17, 15) is 4.79 Å². The van der Waals surface area contributed by atoms with Crippen LogP contribution in [0.1, 0.15) is 53.7 Å². The number of carbonyl (C=O) groups excluding carboxylic acids is 1. The van der Waals surface area contributed by atoms with E-state index in [2.05, 4.69) is 10.1 Å². The van der Waals surface area contributed by atoms with Crippen molar-refractivity contribution in [3.05, 3.63) is 41.5 Å². The Balaban J connectivity index is 1.25. The van der Waals surface area contributed by atoms with Crippen molar-refractivity contribution in [2.24, 2.45) is 0 Å². The minimum Gasteiger partial charge on any atom is -0.497 e. The maximum absolute atomic E-state index is 12.8. The summed E-state index contributed by atoms with van der Waals surface area (Å²) in [6.45, 7) is 3.35. The van der Waals surface area contributed by atoms with Gasteiger partial charge in [-0.25, -0.2) is 0 Å². The van der Waals surface area contributed by atoms with Crippen LogP contribution in [0.2, 0.25) is 0 Å². The van der Waals surface area contributed by atoms with Crippen LogP contribution in [0.4, 0.5) is 0 Å². The van der Waals surface area contributed by atoms with Crippen molar-refractivity contribution >= 4 is 5.91 Å². The molecule has 0 saturated carbocycles. The molecule has 2 aliphatic rings. The van der Waals surface area contributed by atoms with Crippen LogP contribution in [0.5, 0.6) is 5.75 Å². The van der Waals surface area contributed by atoms with E-state index in [0.717, 1.165) is 45.4 Å². The first-order valence-electron chi connectivity index (χ1n) is 10.7. The SMILES string of the molecule is COc1cccc(C(=O)N2CCCC(OCCc3noc(C4CCOCC4)n3)C2)c1. The van der Waals surface area contributed by atoms with Crippen molar-refractivity contribution in [3.8, 4) is 5.75 Å². The van der Waals surface area contributed by atoms with E-state index in [-0.39, 0.29) is 12.0 Å². The normalized spacial score (nSPS) is 20.3. The molecule has 1 atom stereocenters. The van der Waals surface area contributed by atoms with Crippen LogP contribution in [0.25, 0.3) is 0 Å². The maximum atomic E-state index is 12.8. The van der Waals surface area contributed by atoms with Crippen LogP contribution in [-0.4, -0.2) is 67.1 Å². The average molecular weight is 415 g/mol. The molecule has 3 heterocycles. The Hall–Kier alpha value is -2.45. The Morgan fingerprint density at radius 1 is 1.27 bits per heavy atom. The highest BCUT2D eigenvalue weighted by Gasteiger charge is 2.26. The Bertz CT molecular complexity index is 834. The molecule has 2 fully saturated rings. The van der Waals surface area contributed by atoms with Crippen LogP contribution in [0.15, 0.2) is 28.8 Å². The van der Waals surface area contributed by atoms with Gasteiger partial charge in [0.25, 0.3) is 5.91 Å². The van der Waals surface area contributed by atoms with Crippen molar-refractivity contribution in [1.82, 2.24) is 15.0 Å². The fourth-order valence-corrected chi connectivity index (χ4v) is 3.99. The minimum atomic E-state index is 0.0153. The Labute approximate surface area is 176 Å². The van der Waals surface area contributed by atoms with Gasteiger partial charge in [-0.05, 0) is 43.9 Å². The number of piperidine rings is 1. The van der Waals surface area contributed by atoms with Crippen LogP contribution in [0, 0.1) is 0 Å². The predicted octanol–water partition coefficient (Wildman–Crippen LogP) is 2.84. The number of benzene rings is 1. The number of methoxy groups -OCH3 is 1. The van der Waals surface area contributed by atoms with Gasteiger partial charge in [-0.15, -0.1) is 0 Å². The highest BCUT2D eigenvalue weighted by Crippen LogP contribution is 2.25. The molecular weight excluding hydrogens is 386 g/mol. The van der Waals surface area contributed by atoms with Gasteiger partial charge < -0.3 is 23.6 Å². The van der Waals surface area contributed by atoms with Gasteiger partial charge in [0.2, 0.25) is 5.89 Å². The van der Waals surface area contributed by atoms with E-state index in [0.29, 0.717) is 48.5 Å². The van der Waals surface area contributed by atoms with Gasteiger partial charge in [0, 0.05) is 44.2 Å². The molecule has 30 heavy (non-hydrogen) atoms. The van der Waals surface area contributed by atoms with Crippen molar-refractivity contribution < 1.29 is 23.5 Å². The summed E-state index contributed by atoms with van der Waals surface area (Å²) in [6.07, 6.45) is 4.36. The first-order chi connectivity index (χ1) is 14.7. The van der Waals surface area contributed by atoms with Crippen LogP contribution >= 0.6 is 0 Å². The molecule has 162 valence electrons. The van der Waals surface area contributed by atoms with E-state index < -0.39 is 0 Å². The molecule has 0 spiro atoms. The van der Waals surface area contributed by atoms with Gasteiger partial charge in [0.15, 0.2) is 5.82 Å². The minimum absolute atomic E-state index is 0.0153. The van der Waals surface area contributed by atoms with E-state index in [1.54, 1.807) is 13.2 Å². The lowest BCUT2D eigenvalue weighted by Crippen LogP contribution is -2.43. The number of nitrogens with zero attached hydrogens (tertiary/aromatic N) is 3. The molecule has 1 aromatic heterocycles. The van der Waals surface area contributed by atoms with Crippen molar-refractivity contribution in [2.45, 2.75) is 44.1 Å². The summed E-state index contributed by atoms with van der Waals surface area (Å²) in [5.74, 6) is 2.39. The second-order valence-electron chi connectivity index (χ2n) is 7.80. The van der Waals surface area contributed by atoms with E-state index in [4.69, 9.17) is 18.7 Å². The second kappa shape index (κ2) is 10.0. The number of hydrogen-bond acceptors (Lipinski definition) is 7. The third kappa shape index (κ3) is 5.17. The average Bonchev–Trinajstić information content (AvgIpc) is 3.28. The number of carbonyl (C=O) groups is 1. The third-order valence-corrected chi connectivity index (χ3v) is 5.72. The molecule has 0 bridgehead atoms. The van der Waals surface area contributed by atoms with E-state index >= 15 is 0 Å². The summed E-state index contributed by atoms with van der Waals surface area (Å²) in [6, 6.07) is 7.27. The molecule has 4 rings (SSSR count). The fourth-order valence-electron chi connectivity index (χ4n) is 3.99. The molecule has 0 radical (unpaired) electrons. The molecule has 2 saturated heterocycles. The number of amides is 1. The van der Waals surface area contributed by atoms with Crippen LogP contribution in [0.3, 0.4) is 0 Å². The predicted molar refractivity (Wildman–Crippen MR) is 109 cm³/mol. The van der Waals surface area contributed by atoms with Crippen LogP contribution in [-0.2, 0) is 15.9 Å². The molecule has 1 aromatic carbocycles. The van der Waals surface area contributed by atoms with Crippen molar-refractivity contribution in [2.75, 3.05) is 40.0 Å². The first kappa shape index (κ1) is 20.8. The summed E-state index contributed by atoms with van der Waals surface area (Å²) in [7, 11) is 1.60. The topological polar surface area (TPSA) is 86.9 Å². The lowest BCUT2D eigenvalue weighted by atomic mass is 10.0. The number of rotatable bonds is 7. The van der Waals surface area contributed by atoms with Gasteiger partial charge >= 0.3 is 0 Å². The summed E-state index contributed by atoms with van der Waals surface area (Å²) in [5, 5.41) is 4.09. The monoisotopic (exact) mass is 415 g/mol. The van der Waals surface area contributed by atoms with Gasteiger partial charge in [-0.1, -0.05) is 11.2 Å². The third-order valence-electron chi connectivity index (χ3n) is 5.72. The zero-order valence-electron chi connectivity index (χ0n) is 17.4. The second-order valence-corrected chi connectivity index (χ2v) is 7.80. The molecule has 2 aliphatic heterocycles. The quantitative estimate of drug-likeness (QED) is 0.687. The molecule has 8 nitrogen and oxygen atoms in total. The molecule has 1 unspecified atom stereocenters. The fraction of sp³-hybridized carbons (Fsp3) is 0.591. The summed E-state index contributed by atoms with van der Waals surface area (Å²) < 4.78 is 22.1. The van der Waals surface area contributed by atoms with Crippen molar-refractivity contribution in [1.29, 1.82) is 0 Å². The summed E-state index contributed by atoms with van der Waals surface area (Å²) >= 11 is 0. The Kier molecular flexibility index (Phi) is 6.96. The zero-order valence-corrected chi connectivity index (χ0v) is 17.4. The number of ether oxygens (including phenoxy) is 3. The number of aromatic nitrogens is 2. The standard InChI is InChI=1S/C22H29N3O5/c1-27-18-5-2-4-17(14-18)22(26)25-10-3-6-19(15-25)29-13-9-20-23-21(30-24-20)16-7-11-28-12-8-16/h2,4-5,14,16,19H,3,6-13,15H2,1H3. The van der Waals surface area contributed by atoms with Gasteiger partial charge in [0.1, 0.15) is 5.75 Å². The summed E-state index contributed by atoms with van der Waals surface area (Å²) in [4.78, 5) is 19.2. The van der Waals surface area contributed by atoms with Gasteiger partial charge in [0.05, 0.1) is 19.8 Å². The zero-order chi connectivity index (χ0) is 20.8. The highest BCUT2D eigenvalue weighted by atomic mass is 16.5. The summed E-state index contributed by atoms with van der Waals surface area (Å²) in [5.41, 5.74) is 0.641. The molecule has 1 amide bonds. The highest BCUT2D eigenvalue weighted by molar-refractivity contribution is 5.94. The Morgan fingerprint density at radius 2 is 2.13 bits per heavy atom. The largest absolute Gasteiger partial charge is 0.497 e. The van der Waals surface area contributed by atoms with Crippen LogP contribution < -0.4 is 4.74 Å². The lowest BCUT2D eigenvalue weighted by Gasteiger charge is -2.32. The molecule has 8 heteroatoms. The maximum Gasteiger partial charge on any atom is 0.254 e. The van der Waals surface area contributed by atoms with Gasteiger partial charge in [-0.3, -0.25) is 4.79 Å². The lowest BCUT2D eigenvalue weighted by molar-refractivity contribution is 0.00250.